The van der Waals surface area contributed by atoms with Crippen LogP contribution in [0.3, 0.4) is 0 Å². The Morgan fingerprint density at radius 3 is 2.06 bits per heavy atom. The van der Waals surface area contributed by atoms with Crippen molar-refractivity contribution in [2.24, 2.45) is 10.8 Å². The van der Waals surface area contributed by atoms with Gasteiger partial charge in [0.1, 0.15) is 0 Å². The molecule has 0 N–H and O–H groups in total. The lowest BCUT2D eigenvalue weighted by Crippen LogP contribution is -2.52. The summed E-state index contributed by atoms with van der Waals surface area (Å²) >= 11 is 0. The molecule has 88 valence electrons. The zero-order valence-electron chi connectivity index (χ0n) is 11.5. The molecule has 0 unspecified atom stereocenters. The van der Waals surface area contributed by atoms with Gasteiger partial charge in [0.2, 0.25) is 0 Å². The molecule has 0 nitrogen and oxygen atoms in total. The van der Waals surface area contributed by atoms with Gasteiger partial charge in [-0.25, -0.2) is 0 Å². The van der Waals surface area contributed by atoms with E-state index in [0.717, 1.165) is 0 Å². The van der Waals surface area contributed by atoms with Crippen LogP contribution in [0.2, 0.25) is 0 Å². The average Bonchev–Trinajstić information content (AvgIpc) is 2.15. The van der Waals surface area contributed by atoms with Gasteiger partial charge in [0.25, 0.3) is 0 Å². The molecular weight excluding hydrogens is 192 g/mol. The van der Waals surface area contributed by atoms with Gasteiger partial charge in [-0.2, -0.15) is 0 Å². The SMILES string of the molecule is CC1(C)Cc2ccccc2C(C)(C)C1(C)C. The molecule has 0 bridgehead atoms. The molecule has 1 aliphatic carbocycles. The Bertz CT molecular complexity index is 408. The molecule has 0 spiro atoms. The van der Waals surface area contributed by atoms with Crippen LogP contribution in [-0.2, 0) is 11.8 Å². The van der Waals surface area contributed by atoms with E-state index in [9.17, 15) is 0 Å². The fourth-order valence-electron chi connectivity index (χ4n) is 3.16. The second kappa shape index (κ2) is 3.12. The summed E-state index contributed by atoms with van der Waals surface area (Å²) in [5.74, 6) is 0. The van der Waals surface area contributed by atoms with Crippen LogP contribution in [-0.4, -0.2) is 0 Å². The van der Waals surface area contributed by atoms with Crippen LogP contribution in [0.4, 0.5) is 0 Å². The smallest absolute Gasteiger partial charge is 0.00445 e. The quantitative estimate of drug-likeness (QED) is 0.596. The van der Waals surface area contributed by atoms with E-state index in [1.165, 1.54) is 12.0 Å². The summed E-state index contributed by atoms with van der Waals surface area (Å²) in [6.07, 6.45) is 1.19. The zero-order chi connectivity index (χ0) is 12.2. The van der Waals surface area contributed by atoms with Gasteiger partial charge in [-0.1, -0.05) is 65.8 Å². The van der Waals surface area contributed by atoms with E-state index in [4.69, 9.17) is 0 Å². The Hall–Kier alpha value is -0.780. The molecule has 0 aromatic heterocycles. The first-order chi connectivity index (χ1) is 7.20. The standard InChI is InChI=1S/C16H24/c1-14(2)11-12-9-7-8-10-13(12)15(3,4)16(14,5)6/h7-10H,11H2,1-6H3. The van der Waals surface area contributed by atoms with Crippen LogP contribution in [0.5, 0.6) is 0 Å². The van der Waals surface area contributed by atoms with Gasteiger partial charge in [-0.15, -0.1) is 0 Å². The van der Waals surface area contributed by atoms with E-state index in [-0.39, 0.29) is 5.41 Å². The van der Waals surface area contributed by atoms with Gasteiger partial charge in [0, 0.05) is 0 Å². The molecule has 0 heterocycles. The van der Waals surface area contributed by atoms with Gasteiger partial charge < -0.3 is 0 Å². The van der Waals surface area contributed by atoms with E-state index in [1.54, 1.807) is 5.56 Å². The van der Waals surface area contributed by atoms with Crippen molar-refractivity contribution < 1.29 is 0 Å². The van der Waals surface area contributed by atoms with Crippen molar-refractivity contribution in [2.45, 2.75) is 53.4 Å². The average molecular weight is 216 g/mol. The number of rotatable bonds is 0. The lowest BCUT2D eigenvalue weighted by Gasteiger charge is -2.57. The first kappa shape index (κ1) is 11.7. The summed E-state index contributed by atoms with van der Waals surface area (Å²) in [7, 11) is 0. The normalized spacial score (nSPS) is 24.9. The number of hydrogen-bond acceptors (Lipinski definition) is 0. The first-order valence-electron chi connectivity index (χ1n) is 6.28. The summed E-state index contributed by atoms with van der Waals surface area (Å²) in [5.41, 5.74) is 3.99. The van der Waals surface area contributed by atoms with Crippen LogP contribution in [0.25, 0.3) is 0 Å². The predicted molar refractivity (Wildman–Crippen MR) is 70.7 cm³/mol. The van der Waals surface area contributed by atoms with E-state index < -0.39 is 0 Å². The molecule has 1 aromatic rings. The van der Waals surface area contributed by atoms with Gasteiger partial charge >= 0.3 is 0 Å². The van der Waals surface area contributed by atoms with Crippen molar-refractivity contribution in [3.05, 3.63) is 35.4 Å². The zero-order valence-corrected chi connectivity index (χ0v) is 11.5. The molecule has 0 radical (unpaired) electrons. The molecule has 0 heteroatoms. The molecule has 0 saturated heterocycles. The van der Waals surface area contributed by atoms with Crippen LogP contribution >= 0.6 is 0 Å². The monoisotopic (exact) mass is 216 g/mol. The summed E-state index contributed by atoms with van der Waals surface area (Å²) in [4.78, 5) is 0. The fraction of sp³-hybridized carbons (Fsp3) is 0.625. The summed E-state index contributed by atoms with van der Waals surface area (Å²) in [6.45, 7) is 14.4. The minimum atomic E-state index is 0.241. The third-order valence-corrected chi connectivity index (χ3v) is 5.58. The van der Waals surface area contributed by atoms with Gasteiger partial charge in [-0.05, 0) is 33.8 Å². The van der Waals surface area contributed by atoms with E-state index in [1.807, 2.05) is 0 Å². The molecule has 0 fully saturated rings. The molecular formula is C16H24. The Kier molecular flexibility index (Phi) is 2.28. The maximum absolute atomic E-state index is 2.42. The first-order valence-corrected chi connectivity index (χ1v) is 6.28. The minimum Gasteiger partial charge on any atom is -0.0620 e. The van der Waals surface area contributed by atoms with E-state index >= 15 is 0 Å². The molecule has 2 rings (SSSR count). The van der Waals surface area contributed by atoms with Gasteiger partial charge in [0.05, 0.1) is 0 Å². The molecule has 1 aliphatic rings. The summed E-state index contributed by atoms with van der Waals surface area (Å²) in [5, 5.41) is 0. The summed E-state index contributed by atoms with van der Waals surface area (Å²) < 4.78 is 0. The highest BCUT2D eigenvalue weighted by Gasteiger charge is 2.52. The molecule has 0 amide bonds. The maximum Gasteiger partial charge on any atom is -0.00445 e. The van der Waals surface area contributed by atoms with Crippen molar-refractivity contribution >= 4 is 0 Å². The van der Waals surface area contributed by atoms with Crippen molar-refractivity contribution in [3.63, 3.8) is 0 Å². The second-order valence-corrected chi connectivity index (χ2v) is 6.97. The van der Waals surface area contributed by atoms with Crippen molar-refractivity contribution in [1.29, 1.82) is 0 Å². The van der Waals surface area contributed by atoms with E-state index in [2.05, 4.69) is 65.8 Å². The molecule has 0 atom stereocenters. The molecule has 0 aliphatic heterocycles. The molecule has 1 aromatic carbocycles. The maximum atomic E-state index is 2.42. The van der Waals surface area contributed by atoms with Crippen molar-refractivity contribution in [2.75, 3.05) is 0 Å². The Labute approximate surface area is 100 Å². The fourth-order valence-corrected chi connectivity index (χ4v) is 3.16. The molecule has 0 saturated carbocycles. The van der Waals surface area contributed by atoms with Gasteiger partial charge in [0.15, 0.2) is 0 Å². The van der Waals surface area contributed by atoms with Crippen LogP contribution < -0.4 is 0 Å². The Morgan fingerprint density at radius 2 is 1.44 bits per heavy atom. The lowest BCUT2D eigenvalue weighted by atomic mass is 9.47. The third-order valence-electron chi connectivity index (χ3n) is 5.58. The summed E-state index contributed by atoms with van der Waals surface area (Å²) in [6, 6.07) is 8.96. The predicted octanol–water partition coefficient (Wildman–Crippen LogP) is 4.57. The highest BCUT2D eigenvalue weighted by molar-refractivity contribution is 5.40. The Balaban J connectivity index is 2.68. The minimum absolute atomic E-state index is 0.241. The highest BCUT2D eigenvalue weighted by atomic mass is 14.6. The molecule has 16 heavy (non-hydrogen) atoms. The lowest BCUT2D eigenvalue weighted by molar-refractivity contribution is 0.0154. The highest BCUT2D eigenvalue weighted by Crippen LogP contribution is 2.58. The third kappa shape index (κ3) is 1.28. The largest absolute Gasteiger partial charge is 0.0620 e. The van der Waals surface area contributed by atoms with Crippen LogP contribution in [0, 0.1) is 10.8 Å². The number of hydrogen-bond donors (Lipinski definition) is 0. The van der Waals surface area contributed by atoms with Gasteiger partial charge in [-0.3, -0.25) is 0 Å². The van der Waals surface area contributed by atoms with E-state index in [0.29, 0.717) is 10.8 Å². The van der Waals surface area contributed by atoms with Crippen molar-refractivity contribution in [1.82, 2.24) is 0 Å². The number of fused-ring (bicyclic) bond motifs is 1. The Morgan fingerprint density at radius 1 is 0.875 bits per heavy atom. The van der Waals surface area contributed by atoms with Crippen molar-refractivity contribution in [3.8, 4) is 0 Å². The number of benzene rings is 1. The van der Waals surface area contributed by atoms with Crippen LogP contribution in [0.15, 0.2) is 24.3 Å². The topological polar surface area (TPSA) is 0 Å². The second-order valence-electron chi connectivity index (χ2n) is 6.97. The van der Waals surface area contributed by atoms with Crippen LogP contribution in [0.1, 0.15) is 52.7 Å².